The first-order valence-electron chi connectivity index (χ1n) is 8.75. The van der Waals surface area contributed by atoms with Crippen LogP contribution in [-0.4, -0.2) is 20.7 Å². The number of anilines is 1. The third-order valence-electron chi connectivity index (χ3n) is 4.36. The predicted molar refractivity (Wildman–Crippen MR) is 111 cm³/mol. The van der Waals surface area contributed by atoms with Crippen molar-refractivity contribution in [3.63, 3.8) is 0 Å². The van der Waals surface area contributed by atoms with Crippen molar-refractivity contribution >= 4 is 23.2 Å². The van der Waals surface area contributed by atoms with Crippen molar-refractivity contribution in [3.8, 4) is 16.9 Å². The zero-order valence-corrected chi connectivity index (χ0v) is 15.9. The number of nitrogens with zero attached hydrogens (tertiary/aromatic N) is 3. The average molecular weight is 389 g/mol. The summed E-state index contributed by atoms with van der Waals surface area (Å²) < 4.78 is 1.76. The van der Waals surface area contributed by atoms with Crippen LogP contribution < -0.4 is 5.32 Å². The fourth-order valence-corrected chi connectivity index (χ4v) is 3.17. The second-order valence-corrected chi connectivity index (χ2v) is 6.75. The van der Waals surface area contributed by atoms with Crippen molar-refractivity contribution in [1.29, 1.82) is 0 Å². The summed E-state index contributed by atoms with van der Waals surface area (Å²) in [7, 11) is 0. The number of aromatic nitrogens is 3. The maximum absolute atomic E-state index is 12.8. The Bertz CT molecular complexity index is 1070. The molecular weight excluding hydrogens is 372 g/mol. The summed E-state index contributed by atoms with van der Waals surface area (Å²) in [4.78, 5) is 16.9. The minimum atomic E-state index is -0.282. The normalized spacial score (nSPS) is 10.6. The zero-order chi connectivity index (χ0) is 19.5. The Balaban J connectivity index is 1.74. The van der Waals surface area contributed by atoms with Gasteiger partial charge in [0.25, 0.3) is 5.91 Å². The summed E-state index contributed by atoms with van der Waals surface area (Å²) in [5.41, 5.74) is 4.52. The molecule has 0 aliphatic carbocycles. The SMILES string of the molecule is Cc1cc(Cl)ccc1NC(=O)c1cc(-c2ccncc2)n(-c2ccccc2)n1. The van der Waals surface area contributed by atoms with Gasteiger partial charge in [0.05, 0.1) is 11.4 Å². The molecule has 2 aromatic carbocycles. The van der Waals surface area contributed by atoms with E-state index in [2.05, 4.69) is 15.4 Å². The Morgan fingerprint density at radius 1 is 1.00 bits per heavy atom. The van der Waals surface area contributed by atoms with Crippen LogP contribution in [-0.2, 0) is 0 Å². The Morgan fingerprint density at radius 3 is 2.46 bits per heavy atom. The lowest BCUT2D eigenvalue weighted by Crippen LogP contribution is -2.14. The predicted octanol–water partition coefficient (Wildman–Crippen LogP) is 5.15. The minimum absolute atomic E-state index is 0.282. The highest BCUT2D eigenvalue weighted by Gasteiger charge is 2.17. The number of carbonyl (C=O) groups is 1. The summed E-state index contributed by atoms with van der Waals surface area (Å²) in [6, 6.07) is 20.6. The molecule has 0 aliphatic heterocycles. The van der Waals surface area contributed by atoms with Crippen LogP contribution in [0.25, 0.3) is 16.9 Å². The Morgan fingerprint density at radius 2 is 1.75 bits per heavy atom. The molecule has 4 rings (SSSR count). The molecule has 28 heavy (non-hydrogen) atoms. The number of hydrogen-bond donors (Lipinski definition) is 1. The van der Waals surface area contributed by atoms with E-state index in [1.165, 1.54) is 0 Å². The Hall–Kier alpha value is -3.44. The van der Waals surface area contributed by atoms with Crippen molar-refractivity contribution < 1.29 is 4.79 Å². The number of aryl methyl sites for hydroxylation is 1. The van der Waals surface area contributed by atoms with E-state index in [1.54, 1.807) is 35.3 Å². The van der Waals surface area contributed by atoms with Crippen molar-refractivity contribution in [2.45, 2.75) is 6.92 Å². The standard InChI is InChI=1S/C22H17ClN4O/c1-15-13-17(23)7-8-19(15)25-22(28)20-14-21(16-9-11-24-12-10-16)27(26-20)18-5-3-2-4-6-18/h2-14H,1H3,(H,25,28). The smallest absolute Gasteiger partial charge is 0.276 e. The molecule has 1 N–H and O–H groups in total. The number of benzene rings is 2. The number of hydrogen-bond acceptors (Lipinski definition) is 3. The van der Waals surface area contributed by atoms with Crippen LogP contribution in [0.2, 0.25) is 5.02 Å². The second kappa shape index (κ2) is 7.66. The van der Waals surface area contributed by atoms with Gasteiger partial charge >= 0.3 is 0 Å². The summed E-state index contributed by atoms with van der Waals surface area (Å²) >= 11 is 6.00. The average Bonchev–Trinajstić information content (AvgIpc) is 3.17. The summed E-state index contributed by atoms with van der Waals surface area (Å²) in [5.74, 6) is -0.282. The maximum Gasteiger partial charge on any atom is 0.276 e. The molecule has 0 fully saturated rings. The first-order chi connectivity index (χ1) is 13.6. The van der Waals surface area contributed by atoms with Crippen molar-refractivity contribution in [2.75, 3.05) is 5.32 Å². The fraction of sp³-hybridized carbons (Fsp3) is 0.0455. The van der Waals surface area contributed by atoms with Crippen LogP contribution in [0, 0.1) is 6.92 Å². The second-order valence-electron chi connectivity index (χ2n) is 6.31. The van der Waals surface area contributed by atoms with Crippen LogP contribution in [0.5, 0.6) is 0 Å². The van der Waals surface area contributed by atoms with Gasteiger partial charge in [-0.2, -0.15) is 5.10 Å². The van der Waals surface area contributed by atoms with Gasteiger partial charge in [0.15, 0.2) is 5.69 Å². The van der Waals surface area contributed by atoms with Crippen LogP contribution in [0.15, 0.2) is 79.1 Å². The monoisotopic (exact) mass is 388 g/mol. The fourth-order valence-electron chi connectivity index (χ4n) is 2.94. The van der Waals surface area contributed by atoms with Gasteiger partial charge < -0.3 is 5.32 Å². The molecule has 0 unspecified atom stereocenters. The van der Waals surface area contributed by atoms with E-state index in [0.717, 1.165) is 22.5 Å². The molecule has 0 saturated carbocycles. The van der Waals surface area contributed by atoms with Gasteiger partial charge in [-0.25, -0.2) is 4.68 Å². The first-order valence-corrected chi connectivity index (χ1v) is 9.13. The first kappa shape index (κ1) is 17.9. The Labute approximate surface area is 167 Å². The van der Waals surface area contributed by atoms with E-state index in [0.29, 0.717) is 16.4 Å². The number of pyridine rings is 1. The molecular formula is C22H17ClN4O. The molecule has 2 heterocycles. The van der Waals surface area contributed by atoms with E-state index in [-0.39, 0.29) is 5.91 Å². The highest BCUT2D eigenvalue weighted by atomic mass is 35.5. The highest BCUT2D eigenvalue weighted by Crippen LogP contribution is 2.25. The van der Waals surface area contributed by atoms with Gasteiger partial charge in [0.2, 0.25) is 0 Å². The lowest BCUT2D eigenvalue weighted by molar-refractivity contribution is 0.102. The molecule has 1 amide bonds. The third kappa shape index (κ3) is 3.66. The topological polar surface area (TPSA) is 59.8 Å². The number of nitrogens with one attached hydrogen (secondary N) is 1. The van der Waals surface area contributed by atoms with Gasteiger partial charge in [-0.05, 0) is 61.0 Å². The third-order valence-corrected chi connectivity index (χ3v) is 4.59. The number of carbonyl (C=O) groups excluding carboxylic acids is 1. The summed E-state index contributed by atoms with van der Waals surface area (Å²) in [5, 5.41) is 8.10. The Kier molecular flexibility index (Phi) is 4.91. The van der Waals surface area contributed by atoms with Gasteiger partial charge in [-0.15, -0.1) is 0 Å². The highest BCUT2D eigenvalue weighted by molar-refractivity contribution is 6.30. The molecule has 0 saturated heterocycles. The summed E-state index contributed by atoms with van der Waals surface area (Å²) in [6.07, 6.45) is 3.43. The molecule has 0 bridgehead atoms. The van der Waals surface area contributed by atoms with Crippen molar-refractivity contribution in [2.24, 2.45) is 0 Å². The van der Waals surface area contributed by atoms with E-state index >= 15 is 0 Å². The zero-order valence-electron chi connectivity index (χ0n) is 15.1. The van der Waals surface area contributed by atoms with Crippen LogP contribution in [0.4, 0.5) is 5.69 Å². The van der Waals surface area contributed by atoms with Gasteiger partial charge in [-0.3, -0.25) is 9.78 Å². The minimum Gasteiger partial charge on any atom is -0.320 e. The van der Waals surface area contributed by atoms with Gasteiger partial charge in [-0.1, -0.05) is 29.8 Å². The molecule has 4 aromatic rings. The molecule has 0 atom stereocenters. The number of amides is 1. The van der Waals surface area contributed by atoms with Crippen LogP contribution in [0.1, 0.15) is 16.1 Å². The van der Waals surface area contributed by atoms with Gasteiger partial charge in [0, 0.05) is 28.7 Å². The van der Waals surface area contributed by atoms with Crippen LogP contribution in [0.3, 0.4) is 0 Å². The summed E-state index contributed by atoms with van der Waals surface area (Å²) in [6.45, 7) is 1.90. The lowest BCUT2D eigenvalue weighted by atomic mass is 10.1. The lowest BCUT2D eigenvalue weighted by Gasteiger charge is -2.07. The van der Waals surface area contributed by atoms with E-state index in [4.69, 9.17) is 11.6 Å². The van der Waals surface area contributed by atoms with E-state index in [9.17, 15) is 4.79 Å². The molecule has 5 nitrogen and oxygen atoms in total. The van der Waals surface area contributed by atoms with Crippen molar-refractivity contribution in [3.05, 3.63) is 95.4 Å². The number of para-hydroxylation sites is 1. The quantitative estimate of drug-likeness (QED) is 0.526. The molecule has 0 radical (unpaired) electrons. The molecule has 6 heteroatoms. The molecule has 138 valence electrons. The largest absolute Gasteiger partial charge is 0.320 e. The maximum atomic E-state index is 12.8. The van der Waals surface area contributed by atoms with E-state index in [1.807, 2.05) is 55.5 Å². The molecule has 0 aliphatic rings. The van der Waals surface area contributed by atoms with Crippen LogP contribution >= 0.6 is 11.6 Å². The molecule has 2 aromatic heterocycles. The number of halogens is 1. The molecule has 0 spiro atoms. The van der Waals surface area contributed by atoms with Gasteiger partial charge in [0.1, 0.15) is 0 Å². The van der Waals surface area contributed by atoms with Crippen molar-refractivity contribution in [1.82, 2.24) is 14.8 Å². The number of rotatable bonds is 4. The van der Waals surface area contributed by atoms with E-state index < -0.39 is 0 Å².